The average Bonchev–Trinajstić information content (AvgIpc) is 3.37. The fourth-order valence-corrected chi connectivity index (χ4v) is 5.54. The highest BCUT2D eigenvalue weighted by molar-refractivity contribution is 8.02. The molecule has 0 radical (unpaired) electrons. The summed E-state index contributed by atoms with van der Waals surface area (Å²) in [5, 5.41) is 7.85. The molecule has 0 aliphatic rings. The Morgan fingerprint density at radius 1 is 1.13 bits per heavy atom. The first-order valence-electron chi connectivity index (χ1n) is 9.14. The molecule has 0 bridgehead atoms. The molecule has 1 atom stereocenters. The monoisotopic (exact) mass is 454 g/mol. The van der Waals surface area contributed by atoms with Crippen molar-refractivity contribution in [2.45, 2.75) is 23.4 Å². The second-order valence-corrected chi connectivity index (χ2v) is 10.0. The van der Waals surface area contributed by atoms with Gasteiger partial charge < -0.3 is 10.6 Å². The van der Waals surface area contributed by atoms with E-state index in [1.807, 2.05) is 61.7 Å². The first kappa shape index (κ1) is 20.5. The fraction of sp³-hybridized carbons (Fsp3) is 0.143. The van der Waals surface area contributed by atoms with Crippen LogP contribution in [0.2, 0.25) is 0 Å². The number of hydrogen-bond donors (Lipinski definition) is 2. The molecule has 30 heavy (non-hydrogen) atoms. The van der Waals surface area contributed by atoms with Gasteiger partial charge in [-0.05, 0) is 43.7 Å². The highest BCUT2D eigenvalue weighted by Crippen LogP contribution is 2.34. The zero-order chi connectivity index (χ0) is 21.1. The van der Waals surface area contributed by atoms with Crippen molar-refractivity contribution in [2.75, 3.05) is 10.6 Å². The Balaban J connectivity index is 1.45. The Hall–Kier alpha value is -2.75. The minimum Gasteiger partial charge on any atom is -0.322 e. The van der Waals surface area contributed by atoms with Gasteiger partial charge in [0.15, 0.2) is 9.47 Å². The zero-order valence-corrected chi connectivity index (χ0v) is 18.7. The number of nitrogens with zero attached hydrogens (tertiary/aromatic N) is 2. The predicted octanol–water partition coefficient (Wildman–Crippen LogP) is 5.43. The smallest absolute Gasteiger partial charge is 0.255 e. The number of thiazole rings is 2. The summed E-state index contributed by atoms with van der Waals surface area (Å²) in [5.41, 5.74) is 3.13. The van der Waals surface area contributed by atoms with E-state index in [1.165, 1.54) is 34.4 Å². The third-order valence-corrected chi connectivity index (χ3v) is 7.23. The minimum atomic E-state index is -0.310. The number of nitrogens with one attached hydrogen (secondary N) is 2. The Kier molecular flexibility index (Phi) is 6.12. The lowest BCUT2D eigenvalue weighted by Gasteiger charge is -2.07. The van der Waals surface area contributed by atoms with Gasteiger partial charge in [-0.1, -0.05) is 30.0 Å². The maximum Gasteiger partial charge on any atom is 0.255 e. The van der Waals surface area contributed by atoms with Crippen molar-refractivity contribution < 1.29 is 9.59 Å². The molecule has 0 unspecified atom stereocenters. The highest BCUT2D eigenvalue weighted by atomic mass is 32.2. The quantitative estimate of drug-likeness (QED) is 0.379. The van der Waals surface area contributed by atoms with Gasteiger partial charge >= 0.3 is 0 Å². The number of carbonyl (C=O) groups is 2. The molecule has 4 rings (SSSR count). The summed E-state index contributed by atoms with van der Waals surface area (Å²) >= 11 is 4.29. The average molecular weight is 455 g/mol. The van der Waals surface area contributed by atoms with Crippen LogP contribution in [-0.2, 0) is 4.79 Å². The molecule has 0 saturated heterocycles. The number of amides is 2. The van der Waals surface area contributed by atoms with E-state index in [0.29, 0.717) is 16.4 Å². The first-order chi connectivity index (χ1) is 14.5. The normalized spacial score (nSPS) is 11.9. The van der Waals surface area contributed by atoms with Crippen LogP contribution in [0.25, 0.3) is 10.2 Å². The van der Waals surface area contributed by atoms with Crippen molar-refractivity contribution in [3.05, 3.63) is 65.2 Å². The summed E-state index contributed by atoms with van der Waals surface area (Å²) < 4.78 is 1.75. The number of rotatable bonds is 6. The van der Waals surface area contributed by atoms with Crippen LogP contribution in [0.5, 0.6) is 0 Å². The van der Waals surface area contributed by atoms with E-state index in [0.717, 1.165) is 20.1 Å². The van der Waals surface area contributed by atoms with Gasteiger partial charge in [-0.15, -0.1) is 22.7 Å². The molecule has 2 aromatic heterocycles. The lowest BCUT2D eigenvalue weighted by atomic mass is 10.1. The fourth-order valence-electron chi connectivity index (χ4n) is 2.75. The van der Waals surface area contributed by atoms with E-state index in [-0.39, 0.29) is 17.1 Å². The van der Waals surface area contributed by atoms with Crippen molar-refractivity contribution in [2.24, 2.45) is 0 Å². The molecule has 6 nitrogen and oxygen atoms in total. The Morgan fingerprint density at radius 3 is 2.73 bits per heavy atom. The van der Waals surface area contributed by atoms with Crippen molar-refractivity contribution in [1.29, 1.82) is 0 Å². The van der Waals surface area contributed by atoms with Crippen LogP contribution < -0.4 is 10.6 Å². The first-order valence-corrected chi connectivity index (χ1v) is 11.7. The highest BCUT2D eigenvalue weighted by Gasteiger charge is 2.18. The number of anilines is 2. The van der Waals surface area contributed by atoms with Crippen LogP contribution in [0.1, 0.15) is 22.8 Å². The second-order valence-electron chi connectivity index (χ2n) is 6.52. The third-order valence-electron chi connectivity index (χ3n) is 4.33. The molecular formula is C21H18N4O2S3. The van der Waals surface area contributed by atoms with Gasteiger partial charge in [0.25, 0.3) is 5.91 Å². The van der Waals surface area contributed by atoms with Crippen molar-refractivity contribution >= 4 is 67.3 Å². The number of aryl methyl sites for hydroxylation is 1. The number of carbonyl (C=O) groups excluding carboxylic acids is 2. The number of benzene rings is 2. The topological polar surface area (TPSA) is 84.0 Å². The summed E-state index contributed by atoms with van der Waals surface area (Å²) in [7, 11) is 0. The summed E-state index contributed by atoms with van der Waals surface area (Å²) in [4.78, 5) is 33.6. The molecule has 2 N–H and O–H groups in total. The summed E-state index contributed by atoms with van der Waals surface area (Å²) in [6.07, 6.45) is 1.65. The lowest BCUT2D eigenvalue weighted by Crippen LogP contribution is -2.22. The van der Waals surface area contributed by atoms with Crippen LogP contribution in [-0.4, -0.2) is 27.0 Å². The van der Waals surface area contributed by atoms with E-state index in [9.17, 15) is 9.59 Å². The summed E-state index contributed by atoms with van der Waals surface area (Å²) in [5.74, 6) is -0.251. The van der Waals surface area contributed by atoms with Crippen LogP contribution in [0.3, 0.4) is 0 Å². The molecule has 0 spiro atoms. The Bertz CT molecular complexity index is 1200. The zero-order valence-electron chi connectivity index (χ0n) is 16.2. The third kappa shape index (κ3) is 4.69. The Morgan fingerprint density at radius 2 is 1.97 bits per heavy atom. The molecule has 0 aliphatic carbocycles. The Labute approximate surface area is 185 Å². The number of thioether (sulfide) groups is 1. The standard InChI is InChI=1S/C21H18N4O2S3/c1-12-5-3-4-6-15(12)19(27)23-14-7-8-16-17(11-14)30-21(24-16)29-13(2)18(26)25-20-22-9-10-28-20/h3-11,13H,1-2H3,(H,23,27)(H,22,25,26)/t13-/m1/s1. The SMILES string of the molecule is Cc1ccccc1C(=O)Nc1ccc2nc(S[C@H](C)C(=O)Nc3nccs3)sc2c1. The molecule has 9 heteroatoms. The van der Waals surface area contributed by atoms with E-state index >= 15 is 0 Å². The van der Waals surface area contributed by atoms with Crippen molar-refractivity contribution in [1.82, 2.24) is 9.97 Å². The summed E-state index contributed by atoms with van der Waals surface area (Å²) in [6, 6.07) is 13.1. The molecule has 152 valence electrons. The van der Waals surface area contributed by atoms with Crippen molar-refractivity contribution in [3.63, 3.8) is 0 Å². The van der Waals surface area contributed by atoms with Gasteiger partial charge in [-0.2, -0.15) is 0 Å². The van der Waals surface area contributed by atoms with Gasteiger partial charge in [0, 0.05) is 22.8 Å². The molecule has 0 fully saturated rings. The van der Waals surface area contributed by atoms with Gasteiger partial charge in [0.05, 0.1) is 15.5 Å². The molecule has 2 amide bonds. The molecule has 0 saturated carbocycles. The van der Waals surface area contributed by atoms with E-state index < -0.39 is 0 Å². The van der Waals surface area contributed by atoms with Crippen LogP contribution >= 0.6 is 34.4 Å². The minimum absolute atomic E-state index is 0.111. The lowest BCUT2D eigenvalue weighted by molar-refractivity contribution is -0.115. The number of aromatic nitrogens is 2. The second kappa shape index (κ2) is 8.95. The van der Waals surface area contributed by atoms with Gasteiger partial charge in [-0.25, -0.2) is 9.97 Å². The van der Waals surface area contributed by atoms with Crippen LogP contribution in [0.4, 0.5) is 10.8 Å². The van der Waals surface area contributed by atoms with E-state index in [2.05, 4.69) is 20.6 Å². The van der Waals surface area contributed by atoms with Gasteiger partial charge in [0.2, 0.25) is 5.91 Å². The largest absolute Gasteiger partial charge is 0.322 e. The molecule has 2 heterocycles. The number of fused-ring (bicyclic) bond motifs is 1. The molecule has 2 aromatic carbocycles. The molecular weight excluding hydrogens is 436 g/mol. The van der Waals surface area contributed by atoms with E-state index in [1.54, 1.807) is 6.20 Å². The molecule has 0 aliphatic heterocycles. The predicted molar refractivity (Wildman–Crippen MR) is 125 cm³/mol. The van der Waals surface area contributed by atoms with Gasteiger partial charge in [-0.3, -0.25) is 9.59 Å². The summed E-state index contributed by atoms with van der Waals surface area (Å²) in [6.45, 7) is 3.75. The van der Waals surface area contributed by atoms with Gasteiger partial charge in [0.1, 0.15) is 0 Å². The molecule has 4 aromatic rings. The maximum atomic E-state index is 12.6. The van der Waals surface area contributed by atoms with Crippen LogP contribution in [0.15, 0.2) is 58.4 Å². The maximum absolute atomic E-state index is 12.6. The van der Waals surface area contributed by atoms with E-state index in [4.69, 9.17) is 0 Å². The number of hydrogen-bond acceptors (Lipinski definition) is 7. The van der Waals surface area contributed by atoms with Crippen LogP contribution in [0, 0.1) is 6.92 Å². The van der Waals surface area contributed by atoms with Crippen molar-refractivity contribution in [3.8, 4) is 0 Å².